The number of carbonyl (C=O) groups excluding carboxylic acids is 15. The SMILES string of the molecule is CC[C@H](C)[C@H](NC(=O)[C@H](C)NC(=O)[C@H](C)NC(=O)[C@H](CCSC)NC(=O)[C@@H](NC(=O)[C@@H](NC(=O)[C@H](CC(C)C)NC(=O)[C@H](CC(=O)O)NC(=O)[C@@H](N)CCC(N)=O)[C@@H](C)O)C(C)C)C(=O)NCC(=O)N[C@@H](CC(C)C)C(=O)NCC(=O)N[C@@H](Cc1ccccc1)C(=O)N[C@@H](CC(C)C)C(=O)N[C@H](C(=O)O)[C@@H](C)O. The van der Waals surface area contributed by atoms with Gasteiger partial charge in [0.15, 0.2) is 6.04 Å². The summed E-state index contributed by atoms with van der Waals surface area (Å²) in [5, 5.41) is 74.4. The first-order valence-electron chi connectivity index (χ1n) is 35.9. The van der Waals surface area contributed by atoms with Crippen LogP contribution < -0.4 is 85.9 Å². The first-order chi connectivity index (χ1) is 50.3. The number of aliphatic hydroxyl groups excluding tert-OH is 2. The van der Waals surface area contributed by atoms with Gasteiger partial charge in [0.1, 0.15) is 66.5 Å². The number of carboxylic acid groups (broad SMARTS) is 2. The molecule has 0 saturated carbocycles. The Hall–Kier alpha value is -9.56. The molecule has 15 amide bonds. The topological polar surface area (TPSA) is 592 Å². The molecule has 608 valence electrons. The summed E-state index contributed by atoms with van der Waals surface area (Å²) in [6.07, 6.45) is -2.62. The lowest BCUT2D eigenvalue weighted by Gasteiger charge is -2.30. The maximum Gasteiger partial charge on any atom is 0.328 e. The van der Waals surface area contributed by atoms with Crippen molar-refractivity contribution in [3.05, 3.63) is 35.9 Å². The van der Waals surface area contributed by atoms with E-state index in [-0.39, 0.29) is 62.7 Å². The third-order valence-electron chi connectivity index (χ3n) is 16.8. The monoisotopic (exact) mass is 1550 g/mol. The quantitative estimate of drug-likeness (QED) is 0.0294. The van der Waals surface area contributed by atoms with Crippen molar-refractivity contribution in [3.63, 3.8) is 0 Å². The van der Waals surface area contributed by atoms with Crippen LogP contribution in [0.1, 0.15) is 154 Å². The molecule has 1 aromatic carbocycles. The van der Waals surface area contributed by atoms with Gasteiger partial charge in [0.2, 0.25) is 88.6 Å². The second-order valence-electron chi connectivity index (χ2n) is 28.3. The fraction of sp³-hybridized carbons (Fsp3) is 0.671. The second-order valence-corrected chi connectivity index (χ2v) is 29.3. The molecule has 108 heavy (non-hydrogen) atoms. The molecule has 0 unspecified atom stereocenters. The summed E-state index contributed by atoms with van der Waals surface area (Å²) in [6.45, 7) is 20.4. The molecule has 37 nitrogen and oxygen atoms in total. The minimum Gasteiger partial charge on any atom is -0.481 e. The van der Waals surface area contributed by atoms with Crippen molar-refractivity contribution in [1.29, 1.82) is 0 Å². The highest BCUT2D eigenvalue weighted by atomic mass is 32.2. The van der Waals surface area contributed by atoms with Crippen molar-refractivity contribution < 1.29 is 102 Å². The Morgan fingerprint density at radius 2 is 0.824 bits per heavy atom. The number of thioether (sulfide) groups is 1. The van der Waals surface area contributed by atoms with Gasteiger partial charge in [-0.3, -0.25) is 76.7 Å². The predicted octanol–water partition coefficient (Wildman–Crippen LogP) is -4.17. The summed E-state index contributed by atoms with van der Waals surface area (Å²) < 4.78 is 0. The molecule has 0 bridgehead atoms. The van der Waals surface area contributed by atoms with Crippen molar-refractivity contribution in [2.75, 3.05) is 25.1 Å². The van der Waals surface area contributed by atoms with E-state index < -0.39 is 223 Å². The van der Waals surface area contributed by atoms with E-state index in [1.165, 1.54) is 32.5 Å². The van der Waals surface area contributed by atoms with Gasteiger partial charge in [-0.05, 0) is 107 Å². The van der Waals surface area contributed by atoms with Gasteiger partial charge in [-0.15, -0.1) is 0 Å². The van der Waals surface area contributed by atoms with E-state index >= 15 is 0 Å². The third kappa shape index (κ3) is 36.4. The summed E-state index contributed by atoms with van der Waals surface area (Å²) in [7, 11) is 0. The number of hydrogen-bond acceptors (Lipinski definition) is 21. The Bertz CT molecular complexity index is 3230. The molecule has 0 radical (unpaired) electrons. The van der Waals surface area contributed by atoms with Crippen molar-refractivity contribution in [3.8, 4) is 0 Å². The van der Waals surface area contributed by atoms with E-state index in [9.17, 15) is 102 Å². The van der Waals surface area contributed by atoms with Crippen LogP contribution in [0.5, 0.6) is 0 Å². The highest BCUT2D eigenvalue weighted by Crippen LogP contribution is 2.15. The summed E-state index contributed by atoms with van der Waals surface area (Å²) in [5.41, 5.74) is 11.5. The molecular formula is C70H116N16O21S. The van der Waals surface area contributed by atoms with E-state index in [1.54, 1.807) is 106 Å². The van der Waals surface area contributed by atoms with Crippen LogP contribution in [0, 0.1) is 29.6 Å². The molecule has 0 fully saturated rings. The molecular weight excluding hydrogens is 1430 g/mol. The van der Waals surface area contributed by atoms with Gasteiger partial charge >= 0.3 is 11.9 Å². The summed E-state index contributed by atoms with van der Waals surface area (Å²) in [4.78, 5) is 226. The van der Waals surface area contributed by atoms with Crippen LogP contribution in [0.4, 0.5) is 0 Å². The molecule has 38 heteroatoms. The van der Waals surface area contributed by atoms with E-state index in [0.29, 0.717) is 17.7 Å². The van der Waals surface area contributed by atoms with Gasteiger partial charge in [0.05, 0.1) is 37.8 Å². The molecule has 22 N–H and O–H groups in total. The van der Waals surface area contributed by atoms with Crippen molar-refractivity contribution >= 4 is 112 Å². The number of benzene rings is 1. The van der Waals surface area contributed by atoms with Crippen molar-refractivity contribution in [1.82, 2.24) is 74.4 Å². The number of hydrogen-bond donors (Lipinski definition) is 20. The molecule has 1 aromatic rings. The van der Waals surface area contributed by atoms with Gasteiger partial charge in [0, 0.05) is 12.8 Å². The molecule has 0 saturated heterocycles. The lowest BCUT2D eigenvalue weighted by Crippen LogP contribution is -2.62. The van der Waals surface area contributed by atoms with Crippen LogP contribution in [-0.2, 0) is 87.9 Å². The Morgan fingerprint density at radius 3 is 1.28 bits per heavy atom. The van der Waals surface area contributed by atoms with Gasteiger partial charge in [-0.2, -0.15) is 11.8 Å². The van der Waals surface area contributed by atoms with Crippen molar-refractivity contribution in [2.24, 2.45) is 41.1 Å². The summed E-state index contributed by atoms with van der Waals surface area (Å²) in [5.74, 6) is -18.2. The van der Waals surface area contributed by atoms with Crippen LogP contribution in [0.3, 0.4) is 0 Å². The van der Waals surface area contributed by atoms with Crippen LogP contribution in [0.25, 0.3) is 0 Å². The Balaban J connectivity index is 3.18. The number of carboxylic acids is 2. The minimum absolute atomic E-state index is 0.00334. The molecule has 1 rings (SSSR count). The number of nitrogens with one attached hydrogen (secondary N) is 14. The number of aliphatic carboxylic acids is 2. The highest BCUT2D eigenvalue weighted by Gasteiger charge is 2.39. The van der Waals surface area contributed by atoms with Crippen LogP contribution in [0.15, 0.2) is 30.3 Å². The predicted molar refractivity (Wildman–Crippen MR) is 396 cm³/mol. The fourth-order valence-electron chi connectivity index (χ4n) is 10.5. The van der Waals surface area contributed by atoms with Gasteiger partial charge in [-0.1, -0.05) is 106 Å². The molecule has 0 aliphatic carbocycles. The number of rotatable bonds is 50. The molecule has 0 aliphatic rings. The maximum atomic E-state index is 14.1. The minimum atomic E-state index is -1.79. The zero-order chi connectivity index (χ0) is 82.6. The largest absolute Gasteiger partial charge is 0.481 e. The average molecular weight is 1550 g/mol. The highest BCUT2D eigenvalue weighted by molar-refractivity contribution is 7.98. The molecule has 0 aromatic heterocycles. The zero-order valence-corrected chi connectivity index (χ0v) is 65.0. The number of amides is 15. The van der Waals surface area contributed by atoms with Gasteiger partial charge in [-0.25, -0.2) is 4.79 Å². The number of nitrogens with two attached hydrogens (primary N) is 2. The fourth-order valence-corrected chi connectivity index (χ4v) is 10.9. The Labute approximate surface area is 633 Å². The second kappa shape index (κ2) is 48.7. The third-order valence-corrected chi connectivity index (χ3v) is 17.4. The first-order valence-corrected chi connectivity index (χ1v) is 37.3. The molecule has 0 heterocycles. The Kier molecular flexibility index (Phi) is 43.5. The number of carbonyl (C=O) groups is 17. The van der Waals surface area contributed by atoms with E-state index in [1.807, 2.05) is 0 Å². The average Bonchev–Trinajstić information content (AvgIpc) is 0.854. The standard InChI is InChI=1S/C70H116N16O21S/c1-16-37(10)55(67(103)74-32-52(91)77-45(26-33(2)3)61(97)73-31-51(90)78-48(29-42-20-18-17-19-21-42)63(99)81-47(28-35(6)7)66(102)86-57(41(14)88)70(106)107)84-59(95)39(12)75-58(94)38(11)76-62(98)44(24-25-108-15)79-68(104)54(36(8)9)83-69(105)56(40(13)87)85-65(101)46(27-34(4)5)82-64(100)49(30-53(92)93)80-60(96)43(71)22-23-50(72)89/h17-21,33-41,43-49,54-57,87-88H,16,22-32,71H2,1-15H3,(H2,72,89)(H,73,97)(H,74,103)(H,75,94)(H,76,98)(H,77,91)(H,78,90)(H,79,104)(H,80,96)(H,81,99)(H,82,100)(H,83,105)(H,84,95)(H,85,101)(H,86,102)(H,92,93)(H,106,107)/t37-,38-,39-,40+,41+,43-,44-,45-,46-,47-,48-,49-,54-,55-,56-,57-/m0/s1. The van der Waals surface area contributed by atoms with Crippen LogP contribution >= 0.6 is 11.8 Å². The smallest absolute Gasteiger partial charge is 0.328 e. The van der Waals surface area contributed by atoms with Gasteiger partial charge < -0.3 is 106 Å². The summed E-state index contributed by atoms with van der Waals surface area (Å²) >= 11 is 1.31. The maximum absolute atomic E-state index is 14.1. The van der Waals surface area contributed by atoms with E-state index in [0.717, 1.165) is 6.92 Å². The molecule has 0 spiro atoms. The number of primary amides is 1. The Morgan fingerprint density at radius 1 is 0.426 bits per heavy atom. The van der Waals surface area contributed by atoms with Crippen molar-refractivity contribution in [2.45, 2.75) is 245 Å². The van der Waals surface area contributed by atoms with Gasteiger partial charge in [0.25, 0.3) is 0 Å². The zero-order valence-electron chi connectivity index (χ0n) is 64.2. The lowest BCUT2D eigenvalue weighted by molar-refractivity contribution is -0.145. The first kappa shape index (κ1) is 96.5. The molecule has 0 aliphatic heterocycles. The number of aliphatic hydroxyl groups is 2. The van der Waals surface area contributed by atoms with Crippen LogP contribution in [0.2, 0.25) is 0 Å². The van der Waals surface area contributed by atoms with E-state index in [2.05, 4.69) is 74.4 Å². The summed E-state index contributed by atoms with van der Waals surface area (Å²) in [6, 6.07) is -10.2. The molecule has 16 atom stereocenters. The normalized spacial score (nSPS) is 15.7. The van der Waals surface area contributed by atoms with E-state index in [4.69, 9.17) is 11.5 Å². The van der Waals surface area contributed by atoms with Crippen LogP contribution in [-0.4, -0.2) is 237 Å². The lowest BCUT2D eigenvalue weighted by atomic mass is 9.98.